The van der Waals surface area contributed by atoms with Crippen LogP contribution >= 0.6 is 0 Å². The summed E-state index contributed by atoms with van der Waals surface area (Å²) in [6, 6.07) is 0. The molecular weight excluding hydrogens is 295 g/mol. The van der Waals surface area contributed by atoms with Gasteiger partial charge in [0.15, 0.2) is 0 Å². The minimum absolute atomic E-state index is 0.149. The van der Waals surface area contributed by atoms with Crippen molar-refractivity contribution < 1.29 is 18.0 Å². The van der Waals surface area contributed by atoms with Crippen LogP contribution in [0.25, 0.3) is 0 Å². The molecule has 1 fully saturated rings. The van der Waals surface area contributed by atoms with Gasteiger partial charge in [-0.1, -0.05) is 13.3 Å². The number of piperidine rings is 1. The highest BCUT2D eigenvalue weighted by Crippen LogP contribution is 2.24. The van der Waals surface area contributed by atoms with Crippen LogP contribution in [-0.4, -0.2) is 48.7 Å². The minimum atomic E-state index is -4.12. The monoisotopic (exact) mass is 323 g/mol. The molecule has 0 aromatic heterocycles. The van der Waals surface area contributed by atoms with Crippen LogP contribution in [0.15, 0.2) is 0 Å². The highest BCUT2D eigenvalue weighted by molar-refractivity contribution is 5.85. The Balaban J connectivity index is 2.21. The highest BCUT2D eigenvalue weighted by atomic mass is 19.4. The molecule has 4 nitrogen and oxygen atoms in total. The van der Waals surface area contributed by atoms with Crippen LogP contribution in [0.2, 0.25) is 0 Å². The van der Waals surface area contributed by atoms with Gasteiger partial charge < -0.3 is 11.1 Å². The maximum absolute atomic E-state index is 12.3. The van der Waals surface area contributed by atoms with Crippen LogP contribution in [0.4, 0.5) is 13.2 Å². The zero-order valence-corrected chi connectivity index (χ0v) is 13.5. The molecule has 0 aromatic carbocycles. The van der Waals surface area contributed by atoms with E-state index in [0.717, 1.165) is 25.7 Å². The third kappa shape index (κ3) is 6.96. The Bertz CT molecular complexity index is 350. The molecule has 1 unspecified atom stereocenters. The summed E-state index contributed by atoms with van der Waals surface area (Å²) in [5.74, 6) is 0.226. The molecule has 0 aromatic rings. The Kier molecular flexibility index (Phi) is 7.12. The summed E-state index contributed by atoms with van der Waals surface area (Å²) < 4.78 is 36.9. The third-order valence-corrected chi connectivity index (χ3v) is 4.24. The molecule has 1 rings (SSSR count). The second kappa shape index (κ2) is 8.15. The molecule has 1 amide bonds. The Labute approximate surface area is 130 Å². The van der Waals surface area contributed by atoms with E-state index in [4.69, 9.17) is 5.73 Å². The summed E-state index contributed by atoms with van der Waals surface area (Å²) in [5.41, 5.74) is 5.10. The first-order valence-corrected chi connectivity index (χ1v) is 8.00. The van der Waals surface area contributed by atoms with Crippen LogP contribution < -0.4 is 11.1 Å². The quantitative estimate of drug-likeness (QED) is 0.756. The fraction of sp³-hybridized carbons (Fsp3) is 0.933. The van der Waals surface area contributed by atoms with Crippen LogP contribution in [0.5, 0.6) is 0 Å². The normalized spacial score (nSPS) is 20.6. The van der Waals surface area contributed by atoms with Gasteiger partial charge in [0, 0.05) is 6.54 Å². The second-order valence-corrected chi connectivity index (χ2v) is 6.55. The number of hydrogen-bond donors (Lipinski definition) is 2. The number of nitrogens with zero attached hydrogens (tertiary/aromatic N) is 1. The van der Waals surface area contributed by atoms with E-state index in [1.807, 2.05) is 6.92 Å². The van der Waals surface area contributed by atoms with Gasteiger partial charge in [0.1, 0.15) is 0 Å². The molecule has 3 N–H and O–H groups in total. The van der Waals surface area contributed by atoms with Crippen molar-refractivity contribution in [2.24, 2.45) is 11.7 Å². The van der Waals surface area contributed by atoms with Gasteiger partial charge in [-0.25, -0.2) is 0 Å². The molecule has 1 aliphatic rings. The fourth-order valence-electron chi connectivity index (χ4n) is 2.91. The number of amides is 1. The van der Waals surface area contributed by atoms with E-state index < -0.39 is 18.3 Å². The molecule has 7 heteroatoms. The Morgan fingerprint density at radius 2 is 1.91 bits per heavy atom. The van der Waals surface area contributed by atoms with Crippen LogP contribution in [0.1, 0.15) is 46.0 Å². The van der Waals surface area contributed by atoms with Crippen molar-refractivity contribution in [3.8, 4) is 0 Å². The van der Waals surface area contributed by atoms with Crippen molar-refractivity contribution in [1.29, 1.82) is 0 Å². The standard InChI is InChI=1S/C15H28F3N3O/c1-3-7-14(2,19)13(22)20-8-4-12-5-9-21(10-6-12)11-15(16,17)18/h12H,3-11,19H2,1-2H3,(H,20,22). The first kappa shape index (κ1) is 19.2. The van der Waals surface area contributed by atoms with E-state index in [-0.39, 0.29) is 5.91 Å². The van der Waals surface area contributed by atoms with E-state index in [9.17, 15) is 18.0 Å². The van der Waals surface area contributed by atoms with E-state index in [1.165, 1.54) is 4.90 Å². The zero-order valence-electron chi connectivity index (χ0n) is 13.5. The molecule has 0 radical (unpaired) electrons. The van der Waals surface area contributed by atoms with Gasteiger partial charge in [0.2, 0.25) is 5.91 Å². The zero-order chi connectivity index (χ0) is 16.8. The number of alkyl halides is 3. The number of likely N-dealkylation sites (tertiary alicyclic amines) is 1. The van der Waals surface area contributed by atoms with Crippen LogP contribution in [0.3, 0.4) is 0 Å². The lowest BCUT2D eigenvalue weighted by Gasteiger charge is -2.32. The summed E-state index contributed by atoms with van der Waals surface area (Å²) in [7, 11) is 0. The first-order valence-electron chi connectivity index (χ1n) is 8.00. The predicted octanol–water partition coefficient (Wildman–Crippen LogP) is 2.28. The number of hydrogen-bond acceptors (Lipinski definition) is 3. The molecule has 0 aliphatic carbocycles. The van der Waals surface area contributed by atoms with Gasteiger partial charge in [-0.2, -0.15) is 13.2 Å². The summed E-state index contributed by atoms with van der Waals surface area (Å²) >= 11 is 0. The topological polar surface area (TPSA) is 58.4 Å². The number of nitrogens with one attached hydrogen (secondary N) is 1. The summed E-state index contributed by atoms with van der Waals surface area (Å²) in [5, 5.41) is 2.85. The van der Waals surface area contributed by atoms with Gasteiger partial charge >= 0.3 is 6.18 Å². The fourth-order valence-corrected chi connectivity index (χ4v) is 2.91. The van der Waals surface area contributed by atoms with E-state index in [1.54, 1.807) is 6.92 Å². The minimum Gasteiger partial charge on any atom is -0.355 e. The van der Waals surface area contributed by atoms with E-state index >= 15 is 0 Å². The maximum atomic E-state index is 12.3. The lowest BCUT2D eigenvalue weighted by molar-refractivity contribution is -0.148. The maximum Gasteiger partial charge on any atom is 0.401 e. The van der Waals surface area contributed by atoms with Crippen molar-refractivity contribution in [3.63, 3.8) is 0 Å². The lowest BCUT2D eigenvalue weighted by Crippen LogP contribution is -2.51. The Morgan fingerprint density at radius 3 is 2.41 bits per heavy atom. The molecular formula is C15H28F3N3O. The molecule has 1 saturated heterocycles. The number of nitrogens with two attached hydrogens (primary N) is 1. The summed E-state index contributed by atoms with van der Waals surface area (Å²) in [6.07, 6.45) is -0.339. The molecule has 0 spiro atoms. The number of carbonyl (C=O) groups excluding carboxylic acids is 1. The Hall–Kier alpha value is -0.820. The average molecular weight is 323 g/mol. The van der Waals surface area contributed by atoms with Gasteiger partial charge in [0.05, 0.1) is 12.1 Å². The molecule has 1 atom stereocenters. The van der Waals surface area contributed by atoms with Crippen LogP contribution in [0, 0.1) is 5.92 Å². The molecule has 22 heavy (non-hydrogen) atoms. The van der Waals surface area contributed by atoms with Crippen molar-refractivity contribution in [2.75, 3.05) is 26.2 Å². The second-order valence-electron chi connectivity index (χ2n) is 6.55. The van der Waals surface area contributed by atoms with Crippen molar-refractivity contribution in [3.05, 3.63) is 0 Å². The average Bonchev–Trinajstić information content (AvgIpc) is 2.39. The molecule has 1 aliphatic heterocycles. The van der Waals surface area contributed by atoms with Crippen molar-refractivity contribution in [1.82, 2.24) is 10.2 Å². The van der Waals surface area contributed by atoms with E-state index in [2.05, 4.69) is 5.32 Å². The Morgan fingerprint density at radius 1 is 1.32 bits per heavy atom. The van der Waals surface area contributed by atoms with Crippen molar-refractivity contribution >= 4 is 5.91 Å². The number of halogens is 3. The smallest absolute Gasteiger partial charge is 0.355 e. The SMILES string of the molecule is CCCC(C)(N)C(=O)NCCC1CCN(CC(F)(F)F)CC1. The van der Waals surface area contributed by atoms with Gasteiger partial charge in [-0.15, -0.1) is 0 Å². The van der Waals surface area contributed by atoms with Crippen LogP contribution in [-0.2, 0) is 4.79 Å². The van der Waals surface area contributed by atoms with Gasteiger partial charge in [0.25, 0.3) is 0 Å². The largest absolute Gasteiger partial charge is 0.401 e. The summed E-state index contributed by atoms with van der Waals surface area (Å²) in [4.78, 5) is 13.4. The molecule has 0 bridgehead atoms. The van der Waals surface area contributed by atoms with Crippen molar-refractivity contribution in [2.45, 2.75) is 57.7 Å². The summed E-state index contributed by atoms with van der Waals surface area (Å²) in [6.45, 7) is 4.37. The van der Waals surface area contributed by atoms with Gasteiger partial charge in [-0.05, 0) is 51.6 Å². The molecule has 0 saturated carbocycles. The van der Waals surface area contributed by atoms with Gasteiger partial charge in [-0.3, -0.25) is 9.69 Å². The third-order valence-electron chi connectivity index (χ3n) is 4.24. The first-order chi connectivity index (χ1) is 10.1. The molecule has 130 valence electrons. The number of rotatable bonds is 7. The highest BCUT2D eigenvalue weighted by Gasteiger charge is 2.32. The predicted molar refractivity (Wildman–Crippen MR) is 80.3 cm³/mol. The molecule has 1 heterocycles. The lowest BCUT2D eigenvalue weighted by atomic mass is 9.93. The number of carbonyl (C=O) groups is 1. The van der Waals surface area contributed by atoms with E-state index in [0.29, 0.717) is 32.0 Å².